The first-order valence-corrected chi connectivity index (χ1v) is 7.25. The standard InChI is InChI=1S/C15H15N3O8/c1-7(12(16)20)17-10(19)6-18-13(21)8-4-3-5-9(25-15(23)24-2)11(8)26-14(18)22/h3-5,7H,6H2,1-2H3,(H2,16,20)(H,17,19)/t7-/m1/s1. The van der Waals surface area contributed by atoms with E-state index in [1.165, 1.54) is 25.1 Å². The number of ether oxygens (including phenoxy) is 2. The molecule has 0 spiro atoms. The number of methoxy groups -OCH3 is 1. The molecule has 0 aliphatic rings. The van der Waals surface area contributed by atoms with Crippen molar-refractivity contribution in [3.63, 3.8) is 0 Å². The van der Waals surface area contributed by atoms with Gasteiger partial charge in [0.15, 0.2) is 11.3 Å². The third kappa shape index (κ3) is 3.88. The van der Waals surface area contributed by atoms with Gasteiger partial charge in [0.25, 0.3) is 5.56 Å². The summed E-state index contributed by atoms with van der Waals surface area (Å²) in [6, 6.07) is 3.03. The van der Waals surface area contributed by atoms with Crippen molar-refractivity contribution in [2.45, 2.75) is 19.5 Å². The van der Waals surface area contributed by atoms with Gasteiger partial charge in [0, 0.05) is 0 Å². The fourth-order valence-corrected chi connectivity index (χ4v) is 2.01. The predicted molar refractivity (Wildman–Crippen MR) is 86.6 cm³/mol. The molecule has 0 unspecified atom stereocenters. The molecule has 0 bridgehead atoms. The van der Waals surface area contributed by atoms with Crippen LogP contribution >= 0.6 is 0 Å². The second kappa shape index (κ2) is 7.51. The zero-order chi connectivity index (χ0) is 19.4. The lowest BCUT2D eigenvalue weighted by Gasteiger charge is -2.11. The molecule has 11 heteroatoms. The van der Waals surface area contributed by atoms with Crippen LogP contribution in [0.15, 0.2) is 32.2 Å². The zero-order valence-corrected chi connectivity index (χ0v) is 13.8. The minimum atomic E-state index is -1.15. The Morgan fingerprint density at radius 2 is 2.00 bits per heavy atom. The molecule has 26 heavy (non-hydrogen) atoms. The lowest BCUT2D eigenvalue weighted by Crippen LogP contribution is -2.46. The van der Waals surface area contributed by atoms with Crippen molar-refractivity contribution >= 4 is 28.9 Å². The number of carbonyl (C=O) groups excluding carboxylic acids is 3. The smallest absolute Gasteiger partial charge is 0.437 e. The normalized spacial score (nSPS) is 11.6. The molecule has 1 aromatic heterocycles. The molecule has 0 aliphatic carbocycles. The molecule has 11 nitrogen and oxygen atoms in total. The summed E-state index contributed by atoms with van der Waals surface area (Å²) >= 11 is 0. The maximum Gasteiger partial charge on any atom is 0.513 e. The van der Waals surface area contributed by atoms with E-state index in [9.17, 15) is 24.0 Å². The molecule has 2 amide bonds. The maximum atomic E-state index is 12.5. The van der Waals surface area contributed by atoms with Crippen molar-refractivity contribution in [3.8, 4) is 5.75 Å². The first kappa shape index (κ1) is 18.7. The Morgan fingerprint density at radius 3 is 2.62 bits per heavy atom. The summed E-state index contributed by atoms with van der Waals surface area (Å²) in [5, 5.41) is 2.14. The molecule has 3 N–H and O–H groups in total. The molecule has 1 atom stereocenters. The van der Waals surface area contributed by atoms with Crippen molar-refractivity contribution in [1.82, 2.24) is 9.88 Å². The van der Waals surface area contributed by atoms with Crippen LogP contribution in [0.3, 0.4) is 0 Å². The van der Waals surface area contributed by atoms with E-state index in [2.05, 4.69) is 10.1 Å². The molecule has 0 aliphatic heterocycles. The van der Waals surface area contributed by atoms with Gasteiger partial charge in [-0.2, -0.15) is 0 Å². The highest BCUT2D eigenvalue weighted by Gasteiger charge is 2.19. The zero-order valence-electron chi connectivity index (χ0n) is 13.8. The molecule has 0 saturated carbocycles. The average molecular weight is 365 g/mol. The van der Waals surface area contributed by atoms with Gasteiger partial charge in [0.1, 0.15) is 12.6 Å². The van der Waals surface area contributed by atoms with Crippen molar-refractivity contribution in [2.24, 2.45) is 5.73 Å². The molecule has 1 heterocycles. The lowest BCUT2D eigenvalue weighted by atomic mass is 10.2. The van der Waals surface area contributed by atoms with Crippen LogP contribution in [0.2, 0.25) is 0 Å². The predicted octanol–water partition coefficient (Wildman–Crippen LogP) is -0.910. The number of amides is 2. The molecule has 1 aromatic carbocycles. The number of hydrogen-bond donors (Lipinski definition) is 2. The second-order valence-electron chi connectivity index (χ2n) is 5.14. The van der Waals surface area contributed by atoms with Gasteiger partial charge in [-0.25, -0.2) is 14.2 Å². The van der Waals surface area contributed by atoms with Crippen LogP contribution in [0.4, 0.5) is 4.79 Å². The number of primary amides is 1. The van der Waals surface area contributed by atoms with Crippen molar-refractivity contribution in [1.29, 1.82) is 0 Å². The molecule has 2 aromatic rings. The van der Waals surface area contributed by atoms with E-state index in [0.29, 0.717) is 4.57 Å². The van der Waals surface area contributed by atoms with Gasteiger partial charge in [0.2, 0.25) is 11.8 Å². The molecule has 0 saturated heterocycles. The van der Waals surface area contributed by atoms with E-state index in [1.54, 1.807) is 0 Å². The number of aromatic nitrogens is 1. The third-order valence-electron chi connectivity index (χ3n) is 3.33. The fourth-order valence-electron chi connectivity index (χ4n) is 2.01. The summed E-state index contributed by atoms with van der Waals surface area (Å²) in [5.74, 6) is -2.90. The van der Waals surface area contributed by atoms with Gasteiger partial charge in [0.05, 0.1) is 12.5 Å². The van der Waals surface area contributed by atoms with Crippen molar-refractivity contribution in [2.75, 3.05) is 7.11 Å². The Morgan fingerprint density at radius 1 is 1.31 bits per heavy atom. The Balaban J connectivity index is 2.43. The Hall–Kier alpha value is -3.63. The Kier molecular flexibility index (Phi) is 5.40. The molecular weight excluding hydrogens is 350 g/mol. The molecule has 138 valence electrons. The van der Waals surface area contributed by atoms with Gasteiger partial charge in [-0.1, -0.05) is 6.07 Å². The molecule has 2 rings (SSSR count). The van der Waals surface area contributed by atoms with E-state index in [1.807, 2.05) is 0 Å². The number of carbonyl (C=O) groups is 3. The van der Waals surface area contributed by atoms with Gasteiger partial charge in [-0.15, -0.1) is 0 Å². The number of nitrogens with two attached hydrogens (primary N) is 1. The average Bonchev–Trinajstić information content (AvgIpc) is 2.59. The van der Waals surface area contributed by atoms with Crippen LogP contribution in [-0.4, -0.2) is 35.7 Å². The summed E-state index contributed by atoms with van der Waals surface area (Å²) in [7, 11) is 1.09. The van der Waals surface area contributed by atoms with Gasteiger partial charge in [-0.05, 0) is 19.1 Å². The number of nitrogens with zero attached hydrogens (tertiary/aromatic N) is 1. The monoisotopic (exact) mass is 365 g/mol. The van der Waals surface area contributed by atoms with Crippen molar-refractivity contribution < 1.29 is 28.3 Å². The third-order valence-corrected chi connectivity index (χ3v) is 3.33. The summed E-state index contributed by atoms with van der Waals surface area (Å²) < 4.78 is 14.7. The number of benzene rings is 1. The summed E-state index contributed by atoms with van der Waals surface area (Å²) in [4.78, 5) is 58.6. The lowest BCUT2D eigenvalue weighted by molar-refractivity contribution is -0.127. The van der Waals surface area contributed by atoms with Gasteiger partial charge < -0.3 is 24.9 Å². The number of fused-ring (bicyclic) bond motifs is 1. The topological polar surface area (TPSA) is 160 Å². The highest BCUT2D eigenvalue weighted by molar-refractivity contribution is 5.86. The summed E-state index contributed by atoms with van der Waals surface area (Å²) in [6.45, 7) is 0.666. The number of hydrogen-bond acceptors (Lipinski definition) is 8. The Bertz CT molecular complexity index is 991. The quantitative estimate of drug-likeness (QED) is 0.508. The first-order valence-electron chi connectivity index (χ1n) is 7.25. The van der Waals surface area contributed by atoms with Crippen LogP contribution in [-0.2, 0) is 20.9 Å². The summed E-state index contributed by atoms with van der Waals surface area (Å²) in [6.07, 6.45) is -1.07. The molecule has 0 fully saturated rings. The molecular formula is C15H15N3O8. The number of nitrogens with one attached hydrogen (secondary N) is 1. The van der Waals surface area contributed by atoms with E-state index in [4.69, 9.17) is 14.9 Å². The van der Waals surface area contributed by atoms with E-state index >= 15 is 0 Å². The first-order chi connectivity index (χ1) is 12.2. The van der Waals surface area contributed by atoms with Crippen LogP contribution in [0.5, 0.6) is 5.75 Å². The van der Waals surface area contributed by atoms with Crippen molar-refractivity contribution in [3.05, 3.63) is 39.1 Å². The minimum absolute atomic E-state index is 0.0956. The highest BCUT2D eigenvalue weighted by Crippen LogP contribution is 2.22. The fraction of sp³-hybridized carbons (Fsp3) is 0.267. The molecule has 0 radical (unpaired) electrons. The van der Waals surface area contributed by atoms with E-state index in [-0.39, 0.29) is 16.7 Å². The van der Waals surface area contributed by atoms with Gasteiger partial charge >= 0.3 is 11.9 Å². The van der Waals surface area contributed by atoms with Crippen LogP contribution < -0.4 is 27.1 Å². The highest BCUT2D eigenvalue weighted by atomic mass is 16.7. The van der Waals surface area contributed by atoms with Crippen LogP contribution in [0.1, 0.15) is 6.92 Å². The Labute approximate surface area is 145 Å². The van der Waals surface area contributed by atoms with E-state index < -0.39 is 41.9 Å². The number of rotatable bonds is 5. The summed E-state index contributed by atoms with van der Waals surface area (Å²) in [5.41, 5.74) is 3.92. The maximum absolute atomic E-state index is 12.5. The SMILES string of the molecule is COC(=O)Oc1cccc2c(=O)n(CC(=O)N[C@H](C)C(N)=O)c(=O)oc12. The van der Waals surface area contributed by atoms with Gasteiger partial charge in [-0.3, -0.25) is 14.4 Å². The van der Waals surface area contributed by atoms with E-state index in [0.717, 1.165) is 7.11 Å². The largest absolute Gasteiger partial charge is 0.513 e. The second-order valence-corrected chi connectivity index (χ2v) is 5.14. The minimum Gasteiger partial charge on any atom is -0.437 e. The number of para-hydroxylation sites is 1. The van der Waals surface area contributed by atoms with Crippen LogP contribution in [0, 0.1) is 0 Å². The van der Waals surface area contributed by atoms with Crippen LogP contribution in [0.25, 0.3) is 11.0 Å².